The van der Waals surface area contributed by atoms with E-state index in [0.29, 0.717) is 19.1 Å². The Bertz CT molecular complexity index is 419. The summed E-state index contributed by atoms with van der Waals surface area (Å²) in [5, 5.41) is 3.45. The molecule has 1 aliphatic rings. The summed E-state index contributed by atoms with van der Waals surface area (Å²) < 4.78 is 5.64. The minimum Gasteiger partial charge on any atom is -0.491 e. The van der Waals surface area contributed by atoms with Crippen molar-refractivity contribution < 1.29 is 4.74 Å². The van der Waals surface area contributed by atoms with E-state index in [-0.39, 0.29) is 0 Å². The number of pyridine rings is 1. The van der Waals surface area contributed by atoms with Crippen LogP contribution in [0.3, 0.4) is 0 Å². The summed E-state index contributed by atoms with van der Waals surface area (Å²) in [6.07, 6.45) is 8.39. The van der Waals surface area contributed by atoms with Gasteiger partial charge in [-0.15, -0.1) is 12.3 Å². The molecule has 0 atom stereocenters. The molecule has 1 heterocycles. The Morgan fingerprint density at radius 1 is 1.53 bits per heavy atom. The molecule has 0 aliphatic heterocycles. The molecule has 1 N–H and O–H groups in total. The molecule has 0 radical (unpaired) electrons. The monoisotopic (exact) mass is 230 g/mol. The van der Waals surface area contributed by atoms with Gasteiger partial charge < -0.3 is 10.1 Å². The van der Waals surface area contributed by atoms with Crippen LogP contribution in [-0.4, -0.2) is 17.6 Å². The van der Waals surface area contributed by atoms with Crippen LogP contribution in [-0.2, 0) is 6.54 Å². The minimum atomic E-state index is 0.553. The van der Waals surface area contributed by atoms with Crippen molar-refractivity contribution in [2.45, 2.75) is 38.8 Å². The zero-order valence-electron chi connectivity index (χ0n) is 10.2. The van der Waals surface area contributed by atoms with Gasteiger partial charge in [0.2, 0.25) is 0 Å². The lowest BCUT2D eigenvalue weighted by atomic mass is 10.2. The van der Waals surface area contributed by atoms with Crippen molar-refractivity contribution in [3.05, 3.63) is 23.5 Å². The van der Waals surface area contributed by atoms with Gasteiger partial charge in [0.15, 0.2) is 0 Å². The first kappa shape index (κ1) is 11.9. The van der Waals surface area contributed by atoms with Gasteiger partial charge in [0.05, 0.1) is 12.3 Å². The molecule has 1 aromatic rings. The third-order valence-electron chi connectivity index (χ3n) is 2.71. The number of ether oxygens (including phenoxy) is 1. The third kappa shape index (κ3) is 3.76. The Labute approximate surface area is 103 Å². The SMILES string of the molecule is C#CCCOc1ccc(C)nc1CNC1CC1. The Balaban J connectivity index is 1.98. The molecule has 0 bridgehead atoms. The number of hydrogen-bond acceptors (Lipinski definition) is 3. The molecule has 2 rings (SSSR count). The number of nitrogens with zero attached hydrogens (tertiary/aromatic N) is 1. The van der Waals surface area contributed by atoms with Gasteiger partial charge >= 0.3 is 0 Å². The summed E-state index contributed by atoms with van der Waals surface area (Å²) >= 11 is 0. The summed E-state index contributed by atoms with van der Waals surface area (Å²) in [4.78, 5) is 4.51. The van der Waals surface area contributed by atoms with Crippen LogP contribution in [0, 0.1) is 19.3 Å². The molecule has 1 saturated carbocycles. The first-order valence-corrected chi connectivity index (χ1v) is 6.06. The molecule has 3 nitrogen and oxygen atoms in total. The summed E-state index contributed by atoms with van der Waals surface area (Å²) in [5.41, 5.74) is 2.00. The van der Waals surface area contributed by atoms with Gasteiger partial charge in [-0.1, -0.05) is 0 Å². The van der Waals surface area contributed by atoms with Gasteiger partial charge in [0, 0.05) is 24.7 Å². The lowest BCUT2D eigenvalue weighted by Gasteiger charge is -2.11. The number of aromatic nitrogens is 1. The second-order valence-corrected chi connectivity index (χ2v) is 4.36. The maximum absolute atomic E-state index is 5.64. The average Bonchev–Trinajstić information content (AvgIpc) is 3.13. The molecule has 17 heavy (non-hydrogen) atoms. The van der Waals surface area contributed by atoms with Crippen LogP contribution in [0.2, 0.25) is 0 Å². The van der Waals surface area contributed by atoms with Gasteiger partial charge in [-0.05, 0) is 31.9 Å². The standard InChI is InChI=1S/C14H18N2O/c1-3-4-9-17-14-8-5-11(2)16-13(14)10-15-12-6-7-12/h1,5,8,12,15H,4,6-7,9-10H2,2H3. The summed E-state index contributed by atoms with van der Waals surface area (Å²) in [5.74, 6) is 3.41. The van der Waals surface area contributed by atoms with Gasteiger partial charge in [-0.3, -0.25) is 4.98 Å². The summed E-state index contributed by atoms with van der Waals surface area (Å²) in [6, 6.07) is 4.62. The molecule has 0 saturated heterocycles. The van der Waals surface area contributed by atoms with E-state index in [0.717, 1.165) is 23.7 Å². The molecule has 0 unspecified atom stereocenters. The van der Waals surface area contributed by atoms with Crippen LogP contribution in [0.4, 0.5) is 0 Å². The van der Waals surface area contributed by atoms with Crippen LogP contribution in [0.1, 0.15) is 30.7 Å². The fourth-order valence-corrected chi connectivity index (χ4v) is 1.60. The van der Waals surface area contributed by atoms with Gasteiger partial charge in [-0.25, -0.2) is 0 Å². The maximum atomic E-state index is 5.64. The smallest absolute Gasteiger partial charge is 0.142 e. The van der Waals surface area contributed by atoms with Crippen molar-refractivity contribution in [1.29, 1.82) is 0 Å². The molecule has 0 amide bonds. The van der Waals surface area contributed by atoms with Crippen molar-refractivity contribution in [2.75, 3.05) is 6.61 Å². The predicted octanol–water partition coefficient (Wildman–Crippen LogP) is 2.04. The second kappa shape index (κ2) is 5.70. The van der Waals surface area contributed by atoms with E-state index < -0.39 is 0 Å². The van der Waals surface area contributed by atoms with Crippen LogP contribution < -0.4 is 10.1 Å². The highest BCUT2D eigenvalue weighted by Gasteiger charge is 2.21. The molecular formula is C14H18N2O. The lowest BCUT2D eigenvalue weighted by Crippen LogP contribution is -2.17. The molecule has 90 valence electrons. The van der Waals surface area contributed by atoms with Crippen molar-refractivity contribution in [3.63, 3.8) is 0 Å². The zero-order valence-corrected chi connectivity index (χ0v) is 10.2. The molecular weight excluding hydrogens is 212 g/mol. The number of nitrogens with one attached hydrogen (secondary N) is 1. The van der Waals surface area contributed by atoms with Crippen molar-refractivity contribution in [2.24, 2.45) is 0 Å². The number of rotatable bonds is 6. The highest BCUT2D eigenvalue weighted by Crippen LogP contribution is 2.22. The average molecular weight is 230 g/mol. The van der Waals surface area contributed by atoms with Crippen molar-refractivity contribution >= 4 is 0 Å². The molecule has 0 spiro atoms. The fraction of sp³-hybridized carbons (Fsp3) is 0.500. The Hall–Kier alpha value is -1.53. The first-order valence-electron chi connectivity index (χ1n) is 6.06. The largest absolute Gasteiger partial charge is 0.491 e. The number of aryl methyl sites for hydroxylation is 1. The summed E-state index contributed by atoms with van der Waals surface area (Å²) in [7, 11) is 0. The van der Waals surface area contributed by atoms with E-state index in [1.54, 1.807) is 0 Å². The molecule has 1 aromatic heterocycles. The van der Waals surface area contributed by atoms with Crippen molar-refractivity contribution in [1.82, 2.24) is 10.3 Å². The van der Waals surface area contributed by atoms with Gasteiger partial charge in [0.25, 0.3) is 0 Å². The van der Waals surface area contributed by atoms with Crippen LogP contribution in [0.25, 0.3) is 0 Å². The van der Waals surface area contributed by atoms with E-state index in [4.69, 9.17) is 11.2 Å². The highest BCUT2D eigenvalue weighted by atomic mass is 16.5. The topological polar surface area (TPSA) is 34.1 Å². The Morgan fingerprint density at radius 2 is 2.35 bits per heavy atom. The Kier molecular flexibility index (Phi) is 4.00. The van der Waals surface area contributed by atoms with Crippen LogP contribution in [0.5, 0.6) is 5.75 Å². The quantitative estimate of drug-likeness (QED) is 0.600. The zero-order chi connectivity index (χ0) is 12.1. The third-order valence-corrected chi connectivity index (χ3v) is 2.71. The first-order chi connectivity index (χ1) is 8.29. The predicted molar refractivity (Wildman–Crippen MR) is 67.8 cm³/mol. The lowest BCUT2D eigenvalue weighted by molar-refractivity contribution is 0.320. The highest BCUT2D eigenvalue weighted by molar-refractivity contribution is 5.29. The van der Waals surface area contributed by atoms with Crippen molar-refractivity contribution in [3.8, 4) is 18.1 Å². The van der Waals surface area contributed by atoms with Gasteiger partial charge in [0.1, 0.15) is 5.75 Å². The molecule has 1 fully saturated rings. The van der Waals surface area contributed by atoms with Crippen LogP contribution >= 0.6 is 0 Å². The Morgan fingerprint density at radius 3 is 3.06 bits per heavy atom. The maximum Gasteiger partial charge on any atom is 0.142 e. The van der Waals surface area contributed by atoms with E-state index in [2.05, 4.69) is 16.2 Å². The van der Waals surface area contributed by atoms with E-state index in [1.807, 2.05) is 19.1 Å². The molecule has 1 aliphatic carbocycles. The van der Waals surface area contributed by atoms with Gasteiger partial charge in [-0.2, -0.15) is 0 Å². The van der Waals surface area contributed by atoms with E-state index >= 15 is 0 Å². The van der Waals surface area contributed by atoms with E-state index in [9.17, 15) is 0 Å². The molecule has 0 aromatic carbocycles. The normalized spacial score (nSPS) is 14.4. The second-order valence-electron chi connectivity index (χ2n) is 4.36. The summed E-state index contributed by atoms with van der Waals surface area (Å²) in [6.45, 7) is 3.32. The van der Waals surface area contributed by atoms with E-state index in [1.165, 1.54) is 12.8 Å². The van der Waals surface area contributed by atoms with Crippen LogP contribution in [0.15, 0.2) is 12.1 Å². The number of terminal acetylenes is 1. The molecule has 3 heteroatoms. The number of hydrogen-bond donors (Lipinski definition) is 1. The fourth-order valence-electron chi connectivity index (χ4n) is 1.60. The minimum absolute atomic E-state index is 0.553.